The highest BCUT2D eigenvalue weighted by Crippen LogP contribution is 2.47. The number of Topliss-reactive ketones (excluding diaryl/α,β-unsaturated/α-hetero) is 1. The first kappa shape index (κ1) is 24.6. The van der Waals surface area contributed by atoms with Crippen molar-refractivity contribution in [1.29, 1.82) is 0 Å². The maximum atomic E-state index is 14.5. The number of hydrogen-bond donors (Lipinski definition) is 1. The highest BCUT2D eigenvalue weighted by Gasteiger charge is 2.54. The van der Waals surface area contributed by atoms with E-state index in [2.05, 4.69) is 45.5 Å². The first-order valence-corrected chi connectivity index (χ1v) is 14.3. The van der Waals surface area contributed by atoms with Gasteiger partial charge in [0.25, 0.3) is 0 Å². The number of nitrogens with one attached hydrogen (secondary N) is 1. The van der Waals surface area contributed by atoms with E-state index in [9.17, 15) is 9.59 Å². The molecule has 4 atom stereocenters. The molecule has 4 unspecified atom stereocenters. The van der Waals surface area contributed by atoms with Crippen LogP contribution in [-0.2, 0) is 10.2 Å². The Labute approximate surface area is 220 Å². The summed E-state index contributed by atoms with van der Waals surface area (Å²) < 4.78 is 5.32. The van der Waals surface area contributed by atoms with Gasteiger partial charge in [-0.2, -0.15) is 0 Å². The molecule has 1 aromatic carbocycles. The van der Waals surface area contributed by atoms with Gasteiger partial charge in [-0.05, 0) is 55.1 Å². The molecule has 0 bridgehead atoms. The smallest absolute Gasteiger partial charge is 0.228 e. The lowest BCUT2D eigenvalue weighted by Gasteiger charge is -2.47. The number of pyridine rings is 1. The summed E-state index contributed by atoms with van der Waals surface area (Å²) in [4.78, 5) is 34.2. The average Bonchev–Trinajstić information content (AvgIpc) is 3.39. The van der Waals surface area contributed by atoms with Crippen LogP contribution in [-0.4, -0.2) is 54.4 Å². The number of piperidine rings is 1. The fourth-order valence-electron chi connectivity index (χ4n) is 7.85. The number of likely N-dealkylation sites (tertiary alicyclic amines) is 1. The van der Waals surface area contributed by atoms with Gasteiger partial charge >= 0.3 is 0 Å². The number of ether oxygens (including phenoxy) is 1. The van der Waals surface area contributed by atoms with E-state index in [-0.39, 0.29) is 23.0 Å². The minimum atomic E-state index is -0.382. The van der Waals surface area contributed by atoms with Gasteiger partial charge in [-0.25, -0.2) is 4.98 Å². The average molecular weight is 502 g/mol. The molecular weight excluding hydrogens is 462 g/mol. The van der Waals surface area contributed by atoms with Crippen molar-refractivity contribution in [2.75, 3.05) is 26.7 Å². The number of nitrogens with zero attached hydrogens (tertiary/aromatic N) is 2. The number of fused-ring (bicyclic) bond motifs is 2. The number of ketones is 1. The summed E-state index contributed by atoms with van der Waals surface area (Å²) >= 11 is 0. The second-order valence-electron chi connectivity index (χ2n) is 11.6. The summed E-state index contributed by atoms with van der Waals surface area (Å²) in [5, 5.41) is 3.55. The minimum absolute atomic E-state index is 0.0568. The van der Waals surface area contributed by atoms with Crippen LogP contribution in [0.3, 0.4) is 0 Å². The van der Waals surface area contributed by atoms with Crippen molar-refractivity contribution in [3.8, 4) is 5.88 Å². The van der Waals surface area contributed by atoms with Crippen LogP contribution in [0.1, 0.15) is 85.3 Å². The number of carbonyl (C=O) groups excluding carboxylic acids is 2. The molecule has 2 aliphatic carbocycles. The number of methoxy groups -OCH3 is 1. The van der Waals surface area contributed by atoms with Gasteiger partial charge in [0.15, 0.2) is 5.78 Å². The molecule has 6 heteroatoms. The third-order valence-electron chi connectivity index (χ3n) is 9.82. The lowest BCUT2D eigenvalue weighted by molar-refractivity contribution is -0.143. The van der Waals surface area contributed by atoms with Gasteiger partial charge < -0.3 is 15.0 Å². The molecule has 1 spiro atoms. The van der Waals surface area contributed by atoms with Crippen molar-refractivity contribution >= 4 is 11.7 Å². The Morgan fingerprint density at radius 3 is 2.68 bits per heavy atom. The van der Waals surface area contributed by atoms with Gasteiger partial charge in [0.1, 0.15) is 5.69 Å². The third-order valence-corrected chi connectivity index (χ3v) is 9.82. The number of benzene rings is 1. The van der Waals surface area contributed by atoms with Crippen molar-refractivity contribution in [1.82, 2.24) is 15.2 Å². The quantitative estimate of drug-likeness (QED) is 0.647. The van der Waals surface area contributed by atoms with Crippen molar-refractivity contribution in [3.05, 3.63) is 59.3 Å². The van der Waals surface area contributed by atoms with Crippen LogP contribution >= 0.6 is 0 Å². The van der Waals surface area contributed by atoms with Crippen LogP contribution in [0.2, 0.25) is 0 Å². The molecular formula is C31H39N3O3. The van der Waals surface area contributed by atoms with Crippen LogP contribution < -0.4 is 10.1 Å². The van der Waals surface area contributed by atoms with E-state index in [1.807, 2.05) is 12.1 Å². The monoisotopic (exact) mass is 501 g/mol. The summed E-state index contributed by atoms with van der Waals surface area (Å²) in [7, 11) is 1.58. The predicted octanol–water partition coefficient (Wildman–Crippen LogP) is 4.88. The van der Waals surface area contributed by atoms with Gasteiger partial charge in [-0.1, -0.05) is 55.7 Å². The van der Waals surface area contributed by atoms with Crippen molar-refractivity contribution in [2.45, 2.75) is 75.2 Å². The molecule has 6 rings (SSSR count). The van der Waals surface area contributed by atoms with E-state index < -0.39 is 0 Å². The maximum Gasteiger partial charge on any atom is 0.228 e. The number of hydrogen-bond acceptors (Lipinski definition) is 5. The molecule has 1 aromatic heterocycles. The van der Waals surface area contributed by atoms with E-state index >= 15 is 0 Å². The molecule has 3 fully saturated rings. The summed E-state index contributed by atoms with van der Waals surface area (Å²) in [5.41, 5.74) is 2.46. The van der Waals surface area contributed by atoms with E-state index in [1.54, 1.807) is 7.11 Å². The first-order chi connectivity index (χ1) is 18.1. The van der Waals surface area contributed by atoms with Gasteiger partial charge in [0, 0.05) is 43.6 Å². The summed E-state index contributed by atoms with van der Waals surface area (Å²) in [5.74, 6) is 1.72. The Hall–Kier alpha value is -2.73. The minimum Gasteiger partial charge on any atom is -0.481 e. The third kappa shape index (κ3) is 4.37. The van der Waals surface area contributed by atoms with Crippen molar-refractivity contribution < 1.29 is 14.3 Å². The molecule has 1 N–H and O–H groups in total. The largest absolute Gasteiger partial charge is 0.481 e. The molecule has 196 valence electrons. The van der Waals surface area contributed by atoms with Gasteiger partial charge in [-0.15, -0.1) is 0 Å². The van der Waals surface area contributed by atoms with Crippen molar-refractivity contribution in [2.24, 2.45) is 11.8 Å². The molecule has 3 heterocycles. The maximum absolute atomic E-state index is 14.5. The molecule has 0 radical (unpaired) electrons. The second kappa shape index (κ2) is 10.2. The molecule has 2 aromatic rings. The van der Waals surface area contributed by atoms with Crippen molar-refractivity contribution in [3.63, 3.8) is 0 Å². The number of aromatic nitrogens is 1. The van der Waals surface area contributed by atoms with Gasteiger partial charge in [-0.3, -0.25) is 9.59 Å². The Kier molecular flexibility index (Phi) is 6.78. The summed E-state index contributed by atoms with van der Waals surface area (Å²) in [6.07, 6.45) is 9.52. The molecule has 2 aliphatic heterocycles. The standard InChI is InChI=1S/C31H39N3O3/c1-37-28-13-12-24-29(33-28)27(35)14-16-31(24)20-32-19-25(31)30(36)34-17-15-23(21-8-4-2-5-9-21)18-26(34)22-10-6-3-7-11-22/h2,4-5,8-9,12-13,22-23,25-26,32H,3,6-7,10-11,14-20H2,1H3. The van der Waals surface area contributed by atoms with Crippen LogP contribution in [0.4, 0.5) is 0 Å². The highest BCUT2D eigenvalue weighted by atomic mass is 16.5. The van der Waals surface area contributed by atoms with Crippen LogP contribution in [0, 0.1) is 11.8 Å². The zero-order chi connectivity index (χ0) is 25.4. The predicted molar refractivity (Wildman–Crippen MR) is 143 cm³/mol. The first-order valence-electron chi connectivity index (χ1n) is 14.3. The van der Waals surface area contributed by atoms with Crippen LogP contribution in [0.5, 0.6) is 5.88 Å². The Bertz CT molecular complexity index is 1150. The highest BCUT2D eigenvalue weighted by molar-refractivity contribution is 5.98. The molecule has 4 aliphatic rings. The van der Waals surface area contributed by atoms with Gasteiger partial charge in [0.05, 0.1) is 13.0 Å². The Balaban J connectivity index is 1.32. The van der Waals surface area contributed by atoms with E-state index in [0.717, 1.165) is 24.9 Å². The van der Waals surface area contributed by atoms with E-state index in [4.69, 9.17) is 4.74 Å². The summed E-state index contributed by atoms with van der Waals surface area (Å²) in [6, 6.07) is 15.0. The number of amides is 1. The molecule has 2 saturated heterocycles. The Morgan fingerprint density at radius 2 is 1.89 bits per heavy atom. The molecule has 37 heavy (non-hydrogen) atoms. The fraction of sp³-hybridized carbons (Fsp3) is 0.581. The molecule has 6 nitrogen and oxygen atoms in total. The van der Waals surface area contributed by atoms with E-state index in [0.29, 0.717) is 55.4 Å². The normalized spacial score (nSPS) is 30.4. The summed E-state index contributed by atoms with van der Waals surface area (Å²) in [6.45, 7) is 2.19. The SMILES string of the molecule is COc1ccc2c(n1)C(=O)CCC21CNCC1C(=O)N1CCC(c2ccccc2)CC1C1CCCCC1. The van der Waals surface area contributed by atoms with Crippen LogP contribution in [0.25, 0.3) is 0 Å². The Morgan fingerprint density at radius 1 is 1.08 bits per heavy atom. The lowest BCUT2D eigenvalue weighted by Crippen LogP contribution is -2.55. The van der Waals surface area contributed by atoms with Gasteiger partial charge in [0.2, 0.25) is 11.8 Å². The zero-order valence-electron chi connectivity index (χ0n) is 22.0. The number of carbonyl (C=O) groups is 2. The fourth-order valence-corrected chi connectivity index (χ4v) is 7.85. The lowest BCUT2D eigenvalue weighted by atomic mass is 9.64. The number of rotatable bonds is 4. The van der Waals surface area contributed by atoms with E-state index in [1.165, 1.54) is 37.7 Å². The molecule has 1 amide bonds. The van der Waals surface area contributed by atoms with Crippen LogP contribution in [0.15, 0.2) is 42.5 Å². The zero-order valence-corrected chi connectivity index (χ0v) is 22.0. The molecule has 1 saturated carbocycles. The topological polar surface area (TPSA) is 71.5 Å². The second-order valence-corrected chi connectivity index (χ2v) is 11.6.